The molecule has 2 atom stereocenters. The molecule has 3 heteroatoms. The van der Waals surface area contributed by atoms with Crippen LogP contribution >= 0.6 is 15.9 Å². The van der Waals surface area contributed by atoms with E-state index in [0.29, 0.717) is 12.7 Å². The highest BCUT2D eigenvalue weighted by Crippen LogP contribution is 2.27. The van der Waals surface area contributed by atoms with Crippen LogP contribution in [0.25, 0.3) is 0 Å². The molecule has 0 unspecified atom stereocenters. The maximum atomic E-state index is 5.73. The van der Waals surface area contributed by atoms with Crippen molar-refractivity contribution < 1.29 is 9.47 Å². The van der Waals surface area contributed by atoms with E-state index in [0.717, 1.165) is 11.1 Å². The van der Waals surface area contributed by atoms with Gasteiger partial charge >= 0.3 is 0 Å². The van der Waals surface area contributed by atoms with E-state index in [2.05, 4.69) is 48.0 Å². The molecule has 1 aromatic rings. The molecule has 0 saturated carbocycles. The van der Waals surface area contributed by atoms with Gasteiger partial charge in [-0.1, -0.05) is 33.6 Å². The van der Waals surface area contributed by atoms with Crippen molar-refractivity contribution in [3.05, 3.63) is 33.8 Å². The Kier molecular flexibility index (Phi) is 3.44. The average molecular weight is 271 g/mol. The molecule has 1 aliphatic rings. The fraction of sp³-hybridized carbons (Fsp3) is 0.500. The zero-order valence-corrected chi connectivity index (χ0v) is 10.6. The molecule has 0 aliphatic carbocycles. The largest absolute Gasteiger partial charge is 0.371 e. The monoisotopic (exact) mass is 270 g/mol. The summed E-state index contributed by atoms with van der Waals surface area (Å²) in [4.78, 5) is 0. The molecule has 0 bridgehead atoms. The molecule has 2 rings (SSSR count). The number of rotatable bonds is 4. The standard InChI is InChI=1S/C12H15BrO2/c1-8-3-4-12(13)11(5-8)9(2)14-6-10-7-15-10/h3-5,9-10H,6-7H2,1-2H3/t9-,10+/m1/s1. The van der Waals surface area contributed by atoms with Crippen LogP contribution in [0.2, 0.25) is 0 Å². The van der Waals surface area contributed by atoms with E-state index >= 15 is 0 Å². The van der Waals surface area contributed by atoms with E-state index in [1.165, 1.54) is 11.1 Å². The fourth-order valence-electron chi connectivity index (χ4n) is 1.48. The predicted octanol–water partition coefficient (Wildman–Crippen LogP) is 3.23. The van der Waals surface area contributed by atoms with Gasteiger partial charge in [-0.15, -0.1) is 0 Å². The van der Waals surface area contributed by atoms with Gasteiger partial charge in [0.1, 0.15) is 6.10 Å². The zero-order chi connectivity index (χ0) is 10.8. The molecule has 1 aliphatic heterocycles. The Morgan fingerprint density at radius 2 is 2.33 bits per heavy atom. The average Bonchev–Trinajstić information content (AvgIpc) is 3.02. The zero-order valence-electron chi connectivity index (χ0n) is 9.00. The quantitative estimate of drug-likeness (QED) is 0.784. The van der Waals surface area contributed by atoms with Crippen molar-refractivity contribution in [2.45, 2.75) is 26.1 Å². The Hall–Kier alpha value is -0.380. The van der Waals surface area contributed by atoms with Gasteiger partial charge in [0.25, 0.3) is 0 Å². The molecule has 0 amide bonds. The van der Waals surface area contributed by atoms with Crippen LogP contribution in [-0.2, 0) is 9.47 Å². The van der Waals surface area contributed by atoms with Gasteiger partial charge in [-0.3, -0.25) is 0 Å². The predicted molar refractivity (Wildman–Crippen MR) is 63.0 cm³/mol. The van der Waals surface area contributed by atoms with Crippen LogP contribution in [0.5, 0.6) is 0 Å². The summed E-state index contributed by atoms with van der Waals surface area (Å²) in [5.41, 5.74) is 2.46. The molecule has 0 aromatic heterocycles. The van der Waals surface area contributed by atoms with Gasteiger partial charge in [-0.05, 0) is 25.5 Å². The van der Waals surface area contributed by atoms with Gasteiger partial charge in [-0.25, -0.2) is 0 Å². The number of hydrogen-bond acceptors (Lipinski definition) is 2. The Bertz CT molecular complexity index is 347. The van der Waals surface area contributed by atoms with Crippen molar-refractivity contribution in [1.29, 1.82) is 0 Å². The SMILES string of the molecule is Cc1ccc(Br)c([C@@H](C)OC[C@H]2CO2)c1. The first-order chi connectivity index (χ1) is 7.16. The Morgan fingerprint density at radius 1 is 1.60 bits per heavy atom. The normalized spacial score (nSPS) is 21.4. The molecule has 1 aromatic carbocycles. The summed E-state index contributed by atoms with van der Waals surface area (Å²) >= 11 is 3.54. The molecule has 0 spiro atoms. The molecule has 0 N–H and O–H groups in total. The molecular weight excluding hydrogens is 256 g/mol. The maximum Gasteiger partial charge on any atom is 0.104 e. The third kappa shape index (κ3) is 3.03. The van der Waals surface area contributed by atoms with Crippen LogP contribution in [0.4, 0.5) is 0 Å². The van der Waals surface area contributed by atoms with Crippen LogP contribution in [0.15, 0.2) is 22.7 Å². The first-order valence-electron chi connectivity index (χ1n) is 5.16. The van der Waals surface area contributed by atoms with Crippen LogP contribution in [-0.4, -0.2) is 19.3 Å². The van der Waals surface area contributed by atoms with Crippen LogP contribution in [0, 0.1) is 6.92 Å². The molecule has 1 fully saturated rings. The van der Waals surface area contributed by atoms with Crippen LogP contribution in [0.3, 0.4) is 0 Å². The molecular formula is C12H15BrO2. The second kappa shape index (κ2) is 4.64. The Labute approximate surface area is 98.7 Å². The number of epoxide rings is 1. The lowest BCUT2D eigenvalue weighted by Crippen LogP contribution is -2.06. The highest BCUT2D eigenvalue weighted by molar-refractivity contribution is 9.10. The van der Waals surface area contributed by atoms with Crippen molar-refractivity contribution in [2.75, 3.05) is 13.2 Å². The van der Waals surface area contributed by atoms with Crippen LogP contribution < -0.4 is 0 Å². The minimum atomic E-state index is 0.114. The van der Waals surface area contributed by atoms with Crippen molar-refractivity contribution in [3.63, 3.8) is 0 Å². The van der Waals surface area contributed by atoms with Crippen molar-refractivity contribution in [3.8, 4) is 0 Å². The molecule has 82 valence electrons. The van der Waals surface area contributed by atoms with E-state index in [1.807, 2.05) is 0 Å². The van der Waals surface area contributed by atoms with Gasteiger partial charge < -0.3 is 9.47 Å². The second-order valence-electron chi connectivity index (χ2n) is 3.96. The number of ether oxygens (including phenoxy) is 2. The summed E-state index contributed by atoms with van der Waals surface area (Å²) in [6, 6.07) is 6.31. The summed E-state index contributed by atoms with van der Waals surface area (Å²) in [5, 5.41) is 0. The van der Waals surface area contributed by atoms with Gasteiger partial charge in [-0.2, -0.15) is 0 Å². The molecule has 2 nitrogen and oxygen atoms in total. The minimum Gasteiger partial charge on any atom is -0.371 e. The third-order valence-corrected chi connectivity index (χ3v) is 3.25. The van der Waals surface area contributed by atoms with Gasteiger partial charge in [0.2, 0.25) is 0 Å². The van der Waals surface area contributed by atoms with Crippen molar-refractivity contribution >= 4 is 15.9 Å². The number of hydrogen-bond donors (Lipinski definition) is 0. The lowest BCUT2D eigenvalue weighted by atomic mass is 10.1. The van der Waals surface area contributed by atoms with E-state index in [9.17, 15) is 0 Å². The highest BCUT2D eigenvalue weighted by Gasteiger charge is 2.24. The third-order valence-electron chi connectivity index (χ3n) is 2.52. The topological polar surface area (TPSA) is 21.8 Å². The van der Waals surface area contributed by atoms with Gasteiger partial charge in [0, 0.05) is 4.47 Å². The van der Waals surface area contributed by atoms with E-state index < -0.39 is 0 Å². The number of halogens is 1. The Morgan fingerprint density at radius 3 is 3.00 bits per heavy atom. The van der Waals surface area contributed by atoms with Gasteiger partial charge in [0.15, 0.2) is 0 Å². The van der Waals surface area contributed by atoms with Gasteiger partial charge in [0.05, 0.1) is 19.3 Å². The number of aryl methyl sites for hydroxylation is 1. The summed E-state index contributed by atoms with van der Waals surface area (Å²) in [7, 11) is 0. The van der Waals surface area contributed by atoms with E-state index in [4.69, 9.17) is 9.47 Å². The summed E-state index contributed by atoms with van der Waals surface area (Å²) in [6.07, 6.45) is 0.444. The summed E-state index contributed by atoms with van der Waals surface area (Å²) < 4.78 is 12.0. The fourth-order valence-corrected chi connectivity index (χ4v) is 2.05. The molecule has 15 heavy (non-hydrogen) atoms. The summed E-state index contributed by atoms with van der Waals surface area (Å²) in [6.45, 7) is 5.71. The maximum absolute atomic E-state index is 5.73. The summed E-state index contributed by atoms with van der Waals surface area (Å²) in [5.74, 6) is 0. The lowest BCUT2D eigenvalue weighted by molar-refractivity contribution is 0.0535. The molecule has 1 saturated heterocycles. The number of benzene rings is 1. The minimum absolute atomic E-state index is 0.114. The molecule has 1 heterocycles. The van der Waals surface area contributed by atoms with Crippen molar-refractivity contribution in [2.24, 2.45) is 0 Å². The lowest BCUT2D eigenvalue weighted by Gasteiger charge is -2.15. The van der Waals surface area contributed by atoms with Crippen LogP contribution in [0.1, 0.15) is 24.2 Å². The van der Waals surface area contributed by atoms with E-state index in [1.54, 1.807) is 0 Å². The van der Waals surface area contributed by atoms with Crippen molar-refractivity contribution in [1.82, 2.24) is 0 Å². The first-order valence-corrected chi connectivity index (χ1v) is 5.95. The first kappa shape index (κ1) is 11.1. The van der Waals surface area contributed by atoms with E-state index in [-0.39, 0.29) is 6.10 Å². The second-order valence-corrected chi connectivity index (χ2v) is 4.81. The molecule has 0 radical (unpaired) electrons. The Balaban J connectivity index is 2.02. The highest BCUT2D eigenvalue weighted by atomic mass is 79.9. The smallest absolute Gasteiger partial charge is 0.104 e.